The fourth-order valence-electron chi connectivity index (χ4n) is 7.53. The van der Waals surface area contributed by atoms with Gasteiger partial charge in [0, 0.05) is 48.1 Å². The van der Waals surface area contributed by atoms with Crippen LogP contribution in [0.3, 0.4) is 0 Å². The molecule has 1 heterocycles. The van der Waals surface area contributed by atoms with Gasteiger partial charge in [-0.3, -0.25) is 4.90 Å². The van der Waals surface area contributed by atoms with Gasteiger partial charge in [0.25, 0.3) is 0 Å². The largest absolute Gasteiger partial charge is 0.507 e. The van der Waals surface area contributed by atoms with E-state index in [0.29, 0.717) is 36.3 Å². The van der Waals surface area contributed by atoms with Crippen LogP contribution >= 0.6 is 0 Å². The third kappa shape index (κ3) is 7.03. The molecule has 0 aliphatic rings. The standard InChI is InChI=1S/C45H53N3O2/c1-29(2)35-16-13-17-36(30(3)4)43(35)39-26-31(5)24-33(44(39)49)20-21-47(23-22-46(7)8)28-34-25-32(6)27-42(45(34)50)48-40-18-11-9-14-37(40)38-15-10-12-19-41(38)48/h9-19,24-27,29-30,49-50H,20-23,28H2,1-8H3. The highest BCUT2D eigenvalue weighted by molar-refractivity contribution is 6.09. The molecule has 0 saturated carbocycles. The molecule has 0 aliphatic heterocycles. The van der Waals surface area contributed by atoms with Gasteiger partial charge in [0.05, 0.1) is 16.7 Å². The normalized spacial score (nSPS) is 12.1. The van der Waals surface area contributed by atoms with Crippen LogP contribution in [0.1, 0.15) is 72.9 Å². The van der Waals surface area contributed by atoms with Crippen molar-refractivity contribution in [1.29, 1.82) is 0 Å². The van der Waals surface area contributed by atoms with Crippen molar-refractivity contribution < 1.29 is 10.2 Å². The molecule has 2 N–H and O–H groups in total. The van der Waals surface area contributed by atoms with Crippen molar-refractivity contribution in [2.75, 3.05) is 33.7 Å². The van der Waals surface area contributed by atoms with Gasteiger partial charge < -0.3 is 19.7 Å². The van der Waals surface area contributed by atoms with Gasteiger partial charge in [-0.1, -0.05) is 94.4 Å². The lowest BCUT2D eigenvalue weighted by atomic mass is 9.83. The summed E-state index contributed by atoms with van der Waals surface area (Å²) >= 11 is 0. The Morgan fingerprint density at radius 1 is 0.620 bits per heavy atom. The smallest absolute Gasteiger partial charge is 0.144 e. The summed E-state index contributed by atoms with van der Waals surface area (Å²) in [6.07, 6.45) is 0.696. The number of likely N-dealkylation sites (N-methyl/N-ethyl adjacent to an activating group) is 1. The van der Waals surface area contributed by atoms with Gasteiger partial charge in [-0.25, -0.2) is 0 Å². The fourth-order valence-corrected chi connectivity index (χ4v) is 7.53. The van der Waals surface area contributed by atoms with E-state index in [1.807, 2.05) is 0 Å². The minimum Gasteiger partial charge on any atom is -0.507 e. The summed E-state index contributed by atoms with van der Waals surface area (Å²) in [6.45, 7) is 16.2. The predicted molar refractivity (Wildman–Crippen MR) is 211 cm³/mol. The molecule has 0 fully saturated rings. The van der Waals surface area contributed by atoms with Gasteiger partial charge in [0.15, 0.2) is 0 Å². The Hall–Kier alpha value is -4.58. The molecule has 0 amide bonds. The second-order valence-electron chi connectivity index (χ2n) is 14.9. The number of aromatic nitrogens is 1. The molecule has 0 unspecified atom stereocenters. The molecule has 0 atom stereocenters. The van der Waals surface area contributed by atoms with E-state index in [1.165, 1.54) is 27.5 Å². The van der Waals surface area contributed by atoms with Crippen molar-refractivity contribution in [1.82, 2.24) is 14.4 Å². The van der Waals surface area contributed by atoms with E-state index < -0.39 is 0 Å². The van der Waals surface area contributed by atoms with Crippen molar-refractivity contribution in [2.24, 2.45) is 0 Å². The zero-order chi connectivity index (χ0) is 35.7. The highest BCUT2D eigenvalue weighted by atomic mass is 16.3. The summed E-state index contributed by atoms with van der Waals surface area (Å²) in [4.78, 5) is 4.61. The number of phenols is 2. The van der Waals surface area contributed by atoms with E-state index in [2.05, 4.69) is 161 Å². The van der Waals surface area contributed by atoms with E-state index in [0.717, 1.165) is 64.2 Å². The van der Waals surface area contributed by atoms with Crippen LogP contribution in [0.25, 0.3) is 38.6 Å². The third-order valence-corrected chi connectivity index (χ3v) is 10.1. The molecule has 0 bridgehead atoms. The molecule has 5 heteroatoms. The Labute approximate surface area is 298 Å². The Morgan fingerprint density at radius 2 is 1.18 bits per heavy atom. The molecule has 50 heavy (non-hydrogen) atoms. The zero-order valence-corrected chi connectivity index (χ0v) is 31.1. The van der Waals surface area contributed by atoms with Crippen LogP contribution in [0, 0.1) is 13.8 Å². The molecule has 260 valence electrons. The fraction of sp³-hybridized carbons (Fsp3) is 0.333. The van der Waals surface area contributed by atoms with E-state index in [9.17, 15) is 10.2 Å². The topological polar surface area (TPSA) is 51.9 Å². The van der Waals surface area contributed by atoms with Crippen LogP contribution in [-0.4, -0.2) is 58.3 Å². The Bertz CT molecular complexity index is 2060. The van der Waals surface area contributed by atoms with Gasteiger partial charge in [0.1, 0.15) is 11.5 Å². The number of benzene rings is 5. The summed E-state index contributed by atoms with van der Waals surface area (Å²) in [5.74, 6) is 1.36. The Kier molecular flexibility index (Phi) is 10.4. The number of para-hydroxylation sites is 2. The van der Waals surface area contributed by atoms with Crippen molar-refractivity contribution >= 4 is 21.8 Å². The van der Waals surface area contributed by atoms with E-state index in [-0.39, 0.29) is 0 Å². The Morgan fingerprint density at radius 3 is 1.76 bits per heavy atom. The van der Waals surface area contributed by atoms with Crippen molar-refractivity contribution in [2.45, 2.75) is 66.3 Å². The average Bonchev–Trinajstić information content (AvgIpc) is 3.42. The minimum absolute atomic E-state index is 0.309. The highest BCUT2D eigenvalue weighted by Crippen LogP contribution is 2.42. The number of hydrogen-bond acceptors (Lipinski definition) is 4. The molecular weight excluding hydrogens is 615 g/mol. The molecule has 6 rings (SSSR count). The van der Waals surface area contributed by atoms with Gasteiger partial charge in [-0.05, 0) is 104 Å². The molecule has 0 saturated heterocycles. The van der Waals surface area contributed by atoms with Gasteiger partial charge in [-0.2, -0.15) is 0 Å². The predicted octanol–water partition coefficient (Wildman–Crippen LogP) is 10.3. The third-order valence-electron chi connectivity index (χ3n) is 10.1. The molecule has 0 spiro atoms. The maximum absolute atomic E-state index is 12.0. The van der Waals surface area contributed by atoms with E-state index in [4.69, 9.17) is 0 Å². The number of aromatic hydroxyl groups is 2. The lowest BCUT2D eigenvalue weighted by Gasteiger charge is -2.26. The zero-order valence-electron chi connectivity index (χ0n) is 31.1. The number of fused-ring (bicyclic) bond motifs is 3. The van der Waals surface area contributed by atoms with Crippen LogP contribution in [0.15, 0.2) is 91.0 Å². The number of hydrogen-bond donors (Lipinski definition) is 2. The molecule has 0 aliphatic carbocycles. The second kappa shape index (κ2) is 14.7. The van der Waals surface area contributed by atoms with Gasteiger partial charge in [0.2, 0.25) is 0 Å². The van der Waals surface area contributed by atoms with Crippen LogP contribution in [0.2, 0.25) is 0 Å². The molecule has 0 radical (unpaired) electrons. The number of aryl methyl sites for hydroxylation is 2. The summed E-state index contributed by atoms with van der Waals surface area (Å²) in [6, 6.07) is 31.9. The molecule has 5 nitrogen and oxygen atoms in total. The summed E-state index contributed by atoms with van der Waals surface area (Å²) in [5.41, 5.74) is 11.7. The lowest BCUT2D eigenvalue weighted by Crippen LogP contribution is -2.33. The van der Waals surface area contributed by atoms with Crippen molar-refractivity contribution in [3.8, 4) is 28.3 Å². The first-order valence-corrected chi connectivity index (χ1v) is 18.1. The summed E-state index contributed by atoms with van der Waals surface area (Å²) in [7, 11) is 4.19. The maximum Gasteiger partial charge on any atom is 0.144 e. The monoisotopic (exact) mass is 667 g/mol. The second-order valence-corrected chi connectivity index (χ2v) is 14.9. The summed E-state index contributed by atoms with van der Waals surface area (Å²) < 4.78 is 2.20. The van der Waals surface area contributed by atoms with Crippen molar-refractivity contribution in [3.63, 3.8) is 0 Å². The van der Waals surface area contributed by atoms with Crippen LogP contribution in [0.4, 0.5) is 0 Å². The van der Waals surface area contributed by atoms with Crippen LogP contribution < -0.4 is 0 Å². The SMILES string of the molecule is Cc1cc(CCN(CCN(C)C)Cc2cc(C)cc(-n3c4ccccc4c4ccccc43)c2O)c(O)c(-c2c(C(C)C)cccc2C(C)C)c1. The van der Waals surface area contributed by atoms with Gasteiger partial charge in [-0.15, -0.1) is 0 Å². The van der Waals surface area contributed by atoms with Gasteiger partial charge >= 0.3 is 0 Å². The van der Waals surface area contributed by atoms with Crippen LogP contribution in [0.5, 0.6) is 11.5 Å². The van der Waals surface area contributed by atoms with Crippen LogP contribution in [-0.2, 0) is 13.0 Å². The minimum atomic E-state index is 0.309. The first-order valence-electron chi connectivity index (χ1n) is 18.1. The number of phenolic OH excluding ortho intramolecular Hbond substituents is 2. The quantitative estimate of drug-likeness (QED) is 0.136. The molecule has 5 aromatic carbocycles. The molecular formula is C45H53N3O2. The Balaban J connectivity index is 1.36. The summed E-state index contributed by atoms with van der Waals surface area (Å²) in [5, 5.41) is 26.3. The highest BCUT2D eigenvalue weighted by Gasteiger charge is 2.22. The number of nitrogens with zero attached hydrogens (tertiary/aromatic N) is 3. The molecule has 1 aromatic heterocycles. The lowest BCUT2D eigenvalue weighted by molar-refractivity contribution is 0.233. The van der Waals surface area contributed by atoms with E-state index >= 15 is 0 Å². The molecule has 6 aromatic rings. The average molecular weight is 668 g/mol. The first-order chi connectivity index (χ1) is 23.9. The van der Waals surface area contributed by atoms with Crippen molar-refractivity contribution in [3.05, 3.63) is 124 Å². The maximum atomic E-state index is 12.0. The first kappa shape index (κ1) is 35.3. The van der Waals surface area contributed by atoms with E-state index in [1.54, 1.807) is 0 Å². The number of rotatable bonds is 12.